The average molecular weight is 295 g/mol. The zero-order valence-electron chi connectivity index (χ0n) is 11.7. The van der Waals surface area contributed by atoms with E-state index in [1.165, 1.54) is 21.6 Å². The predicted molar refractivity (Wildman–Crippen MR) is 89.5 cm³/mol. The quantitative estimate of drug-likeness (QED) is 0.797. The van der Waals surface area contributed by atoms with Gasteiger partial charge in [0.25, 0.3) is 0 Å². The molecule has 3 aromatic rings. The van der Waals surface area contributed by atoms with Crippen molar-refractivity contribution in [1.29, 1.82) is 0 Å². The van der Waals surface area contributed by atoms with Crippen molar-refractivity contribution in [2.45, 2.75) is 12.3 Å². The van der Waals surface area contributed by atoms with Crippen LogP contribution in [0.3, 0.4) is 0 Å². The molecule has 21 heavy (non-hydrogen) atoms. The number of hydrogen-bond acceptors (Lipinski definition) is 4. The molecule has 106 valence electrons. The van der Waals surface area contributed by atoms with Crippen molar-refractivity contribution >= 4 is 33.1 Å². The highest BCUT2D eigenvalue weighted by atomic mass is 32.1. The van der Waals surface area contributed by atoms with Gasteiger partial charge in [0.15, 0.2) is 0 Å². The van der Waals surface area contributed by atoms with E-state index in [4.69, 9.17) is 5.73 Å². The number of benzene rings is 2. The van der Waals surface area contributed by atoms with Gasteiger partial charge in [-0.15, -0.1) is 0 Å². The second kappa shape index (κ2) is 5.13. The molecule has 0 fully saturated rings. The topological polar surface area (TPSA) is 42.1 Å². The molecule has 1 aliphatic rings. The molecule has 0 saturated carbocycles. The van der Waals surface area contributed by atoms with Crippen LogP contribution in [0.4, 0.5) is 10.7 Å². The molecular formula is C17H17N3S. The van der Waals surface area contributed by atoms with Crippen molar-refractivity contribution in [2.75, 3.05) is 18.0 Å². The summed E-state index contributed by atoms with van der Waals surface area (Å²) in [5.41, 5.74) is 9.60. The van der Waals surface area contributed by atoms with Crippen molar-refractivity contribution in [1.82, 2.24) is 4.37 Å². The number of hydrogen-bond donors (Lipinski definition) is 1. The molecular weight excluding hydrogens is 278 g/mol. The molecule has 0 aliphatic carbocycles. The Labute approximate surface area is 128 Å². The van der Waals surface area contributed by atoms with E-state index < -0.39 is 0 Å². The first-order valence-electron chi connectivity index (χ1n) is 7.29. The molecule has 1 atom stereocenters. The van der Waals surface area contributed by atoms with E-state index in [-0.39, 0.29) is 0 Å². The molecule has 1 unspecified atom stereocenters. The van der Waals surface area contributed by atoms with Crippen LogP contribution in [0.5, 0.6) is 0 Å². The molecule has 4 heteroatoms. The second-order valence-corrected chi connectivity index (χ2v) is 6.20. The zero-order chi connectivity index (χ0) is 14.2. The third-order valence-corrected chi connectivity index (χ3v) is 5.10. The lowest BCUT2D eigenvalue weighted by molar-refractivity contribution is 0.670. The fraction of sp³-hybridized carbons (Fsp3) is 0.235. The Kier molecular flexibility index (Phi) is 3.13. The zero-order valence-corrected chi connectivity index (χ0v) is 12.5. The van der Waals surface area contributed by atoms with E-state index in [2.05, 4.69) is 51.7 Å². The highest BCUT2D eigenvalue weighted by Gasteiger charge is 2.30. The second-order valence-electron chi connectivity index (χ2n) is 5.45. The summed E-state index contributed by atoms with van der Waals surface area (Å²) in [6.07, 6.45) is 1.03. The molecule has 2 aromatic carbocycles. The van der Waals surface area contributed by atoms with Crippen LogP contribution in [-0.4, -0.2) is 17.5 Å². The predicted octanol–water partition coefficient (Wildman–Crippen LogP) is 3.88. The first-order chi connectivity index (χ1) is 10.4. The van der Waals surface area contributed by atoms with Crippen LogP contribution in [0.2, 0.25) is 0 Å². The van der Waals surface area contributed by atoms with Crippen LogP contribution in [0.1, 0.15) is 17.9 Å². The summed E-state index contributed by atoms with van der Waals surface area (Å²) in [7, 11) is 0. The normalized spacial score (nSPS) is 17.4. The Morgan fingerprint density at radius 3 is 2.86 bits per heavy atom. The monoisotopic (exact) mass is 295 g/mol. The molecule has 4 rings (SSSR count). The lowest BCUT2D eigenvalue weighted by Gasteiger charge is -2.18. The largest absolute Gasteiger partial charge is 0.331 e. The van der Waals surface area contributed by atoms with Crippen LogP contribution in [0, 0.1) is 0 Å². The number of fused-ring (bicyclic) bond motifs is 2. The van der Waals surface area contributed by atoms with Gasteiger partial charge in [0.05, 0.1) is 5.52 Å². The summed E-state index contributed by atoms with van der Waals surface area (Å²) in [6, 6.07) is 17.0. The van der Waals surface area contributed by atoms with Crippen molar-refractivity contribution < 1.29 is 0 Å². The van der Waals surface area contributed by atoms with Crippen LogP contribution in [0.25, 0.3) is 10.9 Å². The van der Waals surface area contributed by atoms with E-state index in [9.17, 15) is 0 Å². The molecule has 3 nitrogen and oxygen atoms in total. The summed E-state index contributed by atoms with van der Waals surface area (Å²) in [4.78, 5) is 2.41. The molecule has 0 bridgehead atoms. The van der Waals surface area contributed by atoms with Gasteiger partial charge in [0, 0.05) is 23.5 Å². The van der Waals surface area contributed by atoms with Crippen molar-refractivity contribution in [3.8, 4) is 0 Å². The maximum absolute atomic E-state index is 5.79. The highest BCUT2D eigenvalue weighted by Crippen LogP contribution is 2.45. The minimum atomic E-state index is 0.520. The van der Waals surface area contributed by atoms with Gasteiger partial charge < -0.3 is 10.6 Å². The maximum Gasteiger partial charge on any atom is 0.124 e. The van der Waals surface area contributed by atoms with Crippen LogP contribution in [-0.2, 0) is 0 Å². The molecule has 1 aliphatic heterocycles. The van der Waals surface area contributed by atoms with E-state index in [0.29, 0.717) is 5.92 Å². The number of aromatic nitrogens is 1. The average Bonchev–Trinajstić information content (AvgIpc) is 3.10. The SMILES string of the molecule is NCCC1CN(c2snc3ccccc23)c2ccccc21. The first-order valence-corrected chi connectivity index (χ1v) is 8.07. The molecule has 0 spiro atoms. The lowest BCUT2D eigenvalue weighted by Crippen LogP contribution is -2.16. The Bertz CT molecular complexity index is 780. The van der Waals surface area contributed by atoms with E-state index >= 15 is 0 Å². The number of nitrogens with two attached hydrogens (primary N) is 1. The number of para-hydroxylation sites is 1. The van der Waals surface area contributed by atoms with Crippen molar-refractivity contribution in [2.24, 2.45) is 5.73 Å². The third kappa shape index (κ3) is 2.03. The summed E-state index contributed by atoms with van der Waals surface area (Å²) in [5.74, 6) is 0.520. The van der Waals surface area contributed by atoms with Gasteiger partial charge in [-0.05, 0) is 48.3 Å². The van der Waals surface area contributed by atoms with Gasteiger partial charge in [-0.3, -0.25) is 0 Å². The van der Waals surface area contributed by atoms with Gasteiger partial charge in [-0.1, -0.05) is 30.3 Å². The Balaban J connectivity index is 1.83. The molecule has 1 aromatic heterocycles. The van der Waals surface area contributed by atoms with Gasteiger partial charge in [-0.2, -0.15) is 4.37 Å². The maximum atomic E-state index is 5.79. The summed E-state index contributed by atoms with van der Waals surface area (Å²) in [5, 5.41) is 2.49. The molecule has 2 heterocycles. The Morgan fingerprint density at radius 2 is 1.95 bits per heavy atom. The van der Waals surface area contributed by atoms with Crippen LogP contribution < -0.4 is 10.6 Å². The smallest absolute Gasteiger partial charge is 0.124 e. The molecule has 0 saturated heterocycles. The first kappa shape index (κ1) is 12.8. The van der Waals surface area contributed by atoms with Crippen LogP contribution in [0.15, 0.2) is 48.5 Å². The standard InChI is InChI=1S/C17H17N3S/c18-10-9-12-11-20(16-8-4-2-5-13(12)16)17-14-6-1-3-7-15(14)19-21-17/h1-8,12H,9-11,18H2. The Morgan fingerprint density at radius 1 is 1.14 bits per heavy atom. The van der Waals surface area contributed by atoms with E-state index in [1.807, 2.05) is 6.07 Å². The van der Waals surface area contributed by atoms with E-state index in [0.717, 1.165) is 25.0 Å². The Hall–Kier alpha value is -1.91. The number of rotatable bonds is 3. The summed E-state index contributed by atoms with van der Waals surface area (Å²) < 4.78 is 4.58. The molecule has 0 radical (unpaired) electrons. The van der Waals surface area contributed by atoms with Gasteiger partial charge >= 0.3 is 0 Å². The number of anilines is 2. The molecule has 0 amide bonds. The van der Waals surface area contributed by atoms with Gasteiger partial charge in [-0.25, -0.2) is 0 Å². The van der Waals surface area contributed by atoms with Crippen molar-refractivity contribution in [3.63, 3.8) is 0 Å². The van der Waals surface area contributed by atoms with Gasteiger partial charge in [0.2, 0.25) is 0 Å². The molecule has 2 N–H and O–H groups in total. The van der Waals surface area contributed by atoms with Crippen molar-refractivity contribution in [3.05, 3.63) is 54.1 Å². The van der Waals surface area contributed by atoms with E-state index in [1.54, 1.807) is 11.5 Å². The minimum Gasteiger partial charge on any atom is -0.331 e. The lowest BCUT2D eigenvalue weighted by atomic mass is 9.98. The minimum absolute atomic E-state index is 0.520. The summed E-state index contributed by atoms with van der Waals surface area (Å²) in [6.45, 7) is 1.74. The van der Waals surface area contributed by atoms with Gasteiger partial charge in [0.1, 0.15) is 5.00 Å². The number of nitrogens with zero attached hydrogens (tertiary/aromatic N) is 2. The van der Waals surface area contributed by atoms with Crippen LogP contribution >= 0.6 is 11.5 Å². The third-order valence-electron chi connectivity index (χ3n) is 4.20. The highest BCUT2D eigenvalue weighted by molar-refractivity contribution is 7.12. The summed E-state index contributed by atoms with van der Waals surface area (Å²) >= 11 is 1.59. The fourth-order valence-corrected chi connectivity index (χ4v) is 4.09. The fourth-order valence-electron chi connectivity index (χ4n) is 3.21.